The van der Waals surface area contributed by atoms with Crippen LogP contribution >= 0.6 is 0 Å². The molecule has 2 aliphatic carbocycles. The largest absolute Gasteiger partial charge is 0.485 e. The summed E-state index contributed by atoms with van der Waals surface area (Å²) in [6, 6.07) is 4.47. The maximum absolute atomic E-state index is 13.5. The lowest BCUT2D eigenvalue weighted by molar-refractivity contribution is -0.111. The number of nitrogens with zero attached hydrogens (tertiary/aromatic N) is 2. The van der Waals surface area contributed by atoms with Crippen molar-refractivity contribution >= 4 is 28.5 Å². The molecular weight excluding hydrogens is 496 g/mol. The van der Waals surface area contributed by atoms with Gasteiger partial charge in [-0.1, -0.05) is 6.08 Å². The van der Waals surface area contributed by atoms with Gasteiger partial charge in [0.05, 0.1) is 0 Å². The van der Waals surface area contributed by atoms with Crippen LogP contribution in [0.1, 0.15) is 68.3 Å². The summed E-state index contributed by atoms with van der Waals surface area (Å²) >= 11 is 0. The number of Topliss-reactive ketones (excluding diaryl/α,β-unsaturated/α-hetero) is 1. The van der Waals surface area contributed by atoms with Gasteiger partial charge in [-0.05, 0) is 111 Å². The van der Waals surface area contributed by atoms with E-state index in [2.05, 4.69) is 34.1 Å². The molecule has 0 spiro atoms. The van der Waals surface area contributed by atoms with E-state index in [0.717, 1.165) is 73.4 Å². The number of rotatable bonds is 2. The maximum Gasteiger partial charge on any atom is 0.185 e. The molecule has 6 heterocycles. The zero-order valence-electron chi connectivity index (χ0n) is 23.1. The Kier molecular flexibility index (Phi) is 5.09. The first-order valence-electron chi connectivity index (χ1n) is 15.6. The Labute approximate surface area is 235 Å². The molecule has 0 N–H and O–H groups in total. The van der Waals surface area contributed by atoms with Gasteiger partial charge < -0.3 is 19.0 Å². The standard InChI is InChI=1S/C35H36N2O3/c38-33-23(17-27-19-25-15-21-5-1-11-36-13-3-7-29(31(21)36)34(25)39-27)9-10-24(33)18-28-20-26-16-22-6-2-12-37-14-4-8-30(32(22)37)35(26)40-28/h15-20,25,34H,1-14H2/b23-17-,24-18-. The van der Waals surface area contributed by atoms with Gasteiger partial charge in [0.25, 0.3) is 0 Å². The van der Waals surface area contributed by atoms with Crippen LogP contribution in [-0.2, 0) is 22.4 Å². The van der Waals surface area contributed by atoms with Gasteiger partial charge in [-0.2, -0.15) is 0 Å². The highest BCUT2D eigenvalue weighted by Crippen LogP contribution is 2.46. The Balaban J connectivity index is 0.991. The molecule has 5 heteroatoms. The highest BCUT2D eigenvalue weighted by Gasteiger charge is 2.40. The lowest BCUT2D eigenvalue weighted by Crippen LogP contribution is -2.39. The number of benzene rings is 1. The first kappa shape index (κ1) is 23.3. The van der Waals surface area contributed by atoms with Crippen molar-refractivity contribution < 1.29 is 13.9 Å². The number of ether oxygens (including phenoxy) is 1. The van der Waals surface area contributed by atoms with Gasteiger partial charge >= 0.3 is 0 Å². The summed E-state index contributed by atoms with van der Waals surface area (Å²) in [5.74, 6) is 2.12. The second-order valence-electron chi connectivity index (χ2n) is 12.7. The first-order chi connectivity index (χ1) is 19.7. The second-order valence-corrected chi connectivity index (χ2v) is 12.7. The normalized spacial score (nSPS) is 29.1. The molecule has 1 aromatic carbocycles. The third-order valence-electron chi connectivity index (χ3n) is 10.3. The van der Waals surface area contributed by atoms with Crippen LogP contribution in [0.15, 0.2) is 68.5 Å². The molecule has 204 valence electrons. The fraction of sp³-hybridized carbons (Fsp3) is 0.457. The number of carbonyl (C=O) groups excluding carboxylic acids is 1. The number of furan rings is 1. The Bertz CT molecular complexity index is 1630. The van der Waals surface area contributed by atoms with E-state index in [9.17, 15) is 4.79 Å². The summed E-state index contributed by atoms with van der Waals surface area (Å²) in [5.41, 5.74) is 11.5. The summed E-state index contributed by atoms with van der Waals surface area (Å²) in [6.45, 7) is 4.66. The summed E-state index contributed by atoms with van der Waals surface area (Å²) in [5, 5.41) is 1.18. The number of piperidine rings is 1. The van der Waals surface area contributed by atoms with Crippen LogP contribution in [0.4, 0.5) is 5.69 Å². The number of hydrogen-bond acceptors (Lipinski definition) is 5. The van der Waals surface area contributed by atoms with Gasteiger partial charge in [-0.15, -0.1) is 0 Å². The van der Waals surface area contributed by atoms with Crippen LogP contribution in [0.25, 0.3) is 17.0 Å². The monoisotopic (exact) mass is 532 g/mol. The maximum atomic E-state index is 13.5. The van der Waals surface area contributed by atoms with Crippen molar-refractivity contribution in [3.63, 3.8) is 0 Å². The topological polar surface area (TPSA) is 45.9 Å². The quantitative estimate of drug-likeness (QED) is 0.399. The molecule has 9 rings (SSSR count). The zero-order chi connectivity index (χ0) is 26.4. The van der Waals surface area contributed by atoms with Crippen LogP contribution in [0.2, 0.25) is 0 Å². The van der Waals surface area contributed by atoms with Gasteiger partial charge in [0.1, 0.15) is 23.2 Å². The predicted molar refractivity (Wildman–Crippen MR) is 157 cm³/mol. The van der Waals surface area contributed by atoms with E-state index in [1.807, 2.05) is 12.2 Å². The average Bonchev–Trinajstić information content (AvgIpc) is 3.67. The molecule has 0 amide bonds. The van der Waals surface area contributed by atoms with E-state index in [-0.39, 0.29) is 11.9 Å². The fourth-order valence-corrected chi connectivity index (χ4v) is 8.62. The zero-order valence-corrected chi connectivity index (χ0v) is 23.1. The van der Waals surface area contributed by atoms with E-state index < -0.39 is 0 Å². The van der Waals surface area contributed by atoms with Crippen molar-refractivity contribution in [3.8, 4) is 0 Å². The van der Waals surface area contributed by atoms with Crippen LogP contribution in [0.3, 0.4) is 0 Å². The predicted octanol–water partition coefficient (Wildman–Crippen LogP) is 6.79. The van der Waals surface area contributed by atoms with E-state index >= 15 is 0 Å². The molecule has 2 aromatic rings. The SMILES string of the molecule is O=C1/C(=C\C2=CC3C=C4CCCN5CCCC(=C45)C3O2)CC/C1=C/c1cc2cc3c4c(c2o1)CCCN4CCC3. The summed E-state index contributed by atoms with van der Waals surface area (Å²) < 4.78 is 13.0. The number of fused-ring (bicyclic) bond motifs is 4. The molecule has 1 aromatic heterocycles. The first-order valence-corrected chi connectivity index (χ1v) is 15.6. The summed E-state index contributed by atoms with van der Waals surface area (Å²) in [4.78, 5) is 18.6. The Morgan fingerprint density at radius 1 is 0.800 bits per heavy atom. The minimum Gasteiger partial charge on any atom is -0.485 e. The van der Waals surface area contributed by atoms with E-state index in [4.69, 9.17) is 9.15 Å². The highest BCUT2D eigenvalue weighted by molar-refractivity contribution is 6.13. The van der Waals surface area contributed by atoms with Crippen LogP contribution in [0.5, 0.6) is 0 Å². The van der Waals surface area contributed by atoms with Crippen molar-refractivity contribution in [2.24, 2.45) is 5.92 Å². The van der Waals surface area contributed by atoms with E-state index in [1.165, 1.54) is 84.2 Å². The molecule has 40 heavy (non-hydrogen) atoms. The molecule has 1 saturated carbocycles. The molecule has 2 fully saturated rings. The number of ketones is 1. The summed E-state index contributed by atoms with van der Waals surface area (Å²) in [7, 11) is 0. The fourth-order valence-electron chi connectivity index (χ4n) is 8.62. The minimum absolute atomic E-state index is 0.108. The molecule has 5 nitrogen and oxygen atoms in total. The minimum atomic E-state index is 0.108. The van der Waals surface area contributed by atoms with Gasteiger partial charge in [-0.3, -0.25) is 4.79 Å². The van der Waals surface area contributed by atoms with Crippen LogP contribution in [0, 0.1) is 5.92 Å². The smallest absolute Gasteiger partial charge is 0.185 e. The lowest BCUT2D eigenvalue weighted by atomic mass is 9.79. The number of aryl methyl sites for hydroxylation is 2. The van der Waals surface area contributed by atoms with Crippen molar-refractivity contribution in [2.75, 3.05) is 31.1 Å². The Hall–Kier alpha value is -3.47. The number of anilines is 1. The Morgan fingerprint density at radius 2 is 1.57 bits per heavy atom. The van der Waals surface area contributed by atoms with Crippen molar-refractivity contribution in [1.29, 1.82) is 0 Å². The highest BCUT2D eigenvalue weighted by atomic mass is 16.5. The van der Waals surface area contributed by atoms with E-state index in [1.54, 1.807) is 0 Å². The lowest BCUT2D eigenvalue weighted by Gasteiger charge is -2.43. The van der Waals surface area contributed by atoms with Crippen LogP contribution in [-0.4, -0.2) is 43.0 Å². The van der Waals surface area contributed by atoms with Gasteiger partial charge in [0.15, 0.2) is 5.78 Å². The molecule has 1 saturated heterocycles. The molecule has 0 bridgehead atoms. The van der Waals surface area contributed by atoms with Crippen molar-refractivity contribution in [3.05, 3.63) is 81.0 Å². The summed E-state index contributed by atoms with van der Waals surface area (Å²) in [6.07, 6.45) is 19.8. The molecular formula is C35H36N2O3. The molecule has 5 aliphatic heterocycles. The molecule has 2 unspecified atom stereocenters. The molecule has 7 aliphatic rings. The average molecular weight is 533 g/mol. The third kappa shape index (κ3) is 3.49. The van der Waals surface area contributed by atoms with E-state index in [0.29, 0.717) is 5.92 Å². The van der Waals surface area contributed by atoms with Gasteiger partial charge in [-0.25, -0.2) is 0 Å². The number of hydrogen-bond donors (Lipinski definition) is 0. The van der Waals surface area contributed by atoms with Crippen molar-refractivity contribution in [1.82, 2.24) is 4.90 Å². The number of carbonyl (C=O) groups is 1. The molecule has 0 radical (unpaired) electrons. The second kappa shape index (κ2) is 8.76. The van der Waals surface area contributed by atoms with Crippen molar-refractivity contribution in [2.45, 2.75) is 70.3 Å². The Morgan fingerprint density at radius 3 is 2.48 bits per heavy atom. The van der Waals surface area contributed by atoms with Gasteiger partial charge in [0, 0.05) is 65.6 Å². The molecule has 2 atom stereocenters. The third-order valence-corrected chi connectivity index (χ3v) is 10.3. The van der Waals surface area contributed by atoms with Crippen LogP contribution < -0.4 is 4.90 Å². The van der Waals surface area contributed by atoms with Gasteiger partial charge in [0.2, 0.25) is 0 Å². The number of allylic oxidation sites excluding steroid dienone is 4.